The lowest BCUT2D eigenvalue weighted by Crippen LogP contribution is -1.93. The lowest BCUT2D eigenvalue weighted by atomic mass is 10.4. The highest BCUT2D eigenvalue weighted by molar-refractivity contribution is 9.10. The van der Waals surface area contributed by atoms with E-state index >= 15 is 0 Å². The summed E-state index contributed by atoms with van der Waals surface area (Å²) >= 11 is 2.95. The first-order chi connectivity index (χ1) is 5.65. The van der Waals surface area contributed by atoms with Gasteiger partial charge >= 0.3 is 5.69 Å². The van der Waals surface area contributed by atoms with Crippen LogP contribution in [-0.2, 0) is 0 Å². The van der Waals surface area contributed by atoms with E-state index in [-0.39, 0.29) is 10.3 Å². The van der Waals surface area contributed by atoms with E-state index < -0.39 is 4.92 Å². The SMILES string of the molecule is COc1cnc(Br)c([N+](=O)[O-])c1. The number of rotatable bonds is 2. The lowest BCUT2D eigenvalue weighted by Gasteiger charge is -1.98. The van der Waals surface area contributed by atoms with Crippen LogP contribution < -0.4 is 4.74 Å². The molecule has 64 valence electrons. The van der Waals surface area contributed by atoms with E-state index in [9.17, 15) is 10.1 Å². The Morgan fingerprint density at radius 1 is 1.75 bits per heavy atom. The fraction of sp³-hybridized carbons (Fsp3) is 0.167. The first-order valence-electron chi connectivity index (χ1n) is 2.99. The molecule has 1 aromatic heterocycles. The Kier molecular flexibility index (Phi) is 2.59. The van der Waals surface area contributed by atoms with Gasteiger partial charge in [0.25, 0.3) is 0 Å². The van der Waals surface area contributed by atoms with Gasteiger partial charge in [-0.15, -0.1) is 0 Å². The van der Waals surface area contributed by atoms with Gasteiger partial charge < -0.3 is 4.74 Å². The largest absolute Gasteiger partial charge is 0.495 e. The zero-order valence-corrected chi connectivity index (χ0v) is 7.74. The van der Waals surface area contributed by atoms with E-state index in [1.807, 2.05) is 0 Å². The fourth-order valence-corrected chi connectivity index (χ4v) is 1.02. The molecule has 0 aliphatic carbocycles. The minimum Gasteiger partial charge on any atom is -0.495 e. The molecular formula is C6H5BrN2O3. The first-order valence-corrected chi connectivity index (χ1v) is 3.78. The highest BCUT2D eigenvalue weighted by Gasteiger charge is 2.13. The maximum absolute atomic E-state index is 10.4. The number of pyridine rings is 1. The molecular weight excluding hydrogens is 228 g/mol. The Bertz CT molecular complexity index is 316. The van der Waals surface area contributed by atoms with Crippen LogP contribution in [0.4, 0.5) is 5.69 Å². The van der Waals surface area contributed by atoms with Crippen molar-refractivity contribution >= 4 is 21.6 Å². The molecule has 0 saturated carbocycles. The highest BCUT2D eigenvalue weighted by Crippen LogP contribution is 2.25. The summed E-state index contributed by atoms with van der Waals surface area (Å²) in [5.74, 6) is 0.366. The second-order valence-corrected chi connectivity index (χ2v) is 2.69. The van der Waals surface area contributed by atoms with Crippen LogP contribution in [-0.4, -0.2) is 17.0 Å². The molecule has 5 nitrogen and oxygen atoms in total. The number of halogens is 1. The predicted octanol–water partition coefficient (Wildman–Crippen LogP) is 1.76. The summed E-state index contributed by atoms with van der Waals surface area (Å²) in [7, 11) is 1.43. The Labute approximate surface area is 76.7 Å². The lowest BCUT2D eigenvalue weighted by molar-refractivity contribution is -0.386. The number of ether oxygens (including phenoxy) is 1. The first kappa shape index (κ1) is 8.92. The predicted molar refractivity (Wildman–Crippen MR) is 45.1 cm³/mol. The van der Waals surface area contributed by atoms with Crippen molar-refractivity contribution in [1.29, 1.82) is 0 Å². The van der Waals surface area contributed by atoms with E-state index in [0.717, 1.165) is 0 Å². The molecule has 0 spiro atoms. The van der Waals surface area contributed by atoms with Gasteiger partial charge in [-0.1, -0.05) is 0 Å². The summed E-state index contributed by atoms with van der Waals surface area (Å²) in [4.78, 5) is 13.6. The molecule has 0 fully saturated rings. The van der Waals surface area contributed by atoms with Gasteiger partial charge in [0.15, 0.2) is 4.60 Å². The molecule has 1 rings (SSSR count). The monoisotopic (exact) mass is 232 g/mol. The molecule has 12 heavy (non-hydrogen) atoms. The molecule has 0 aliphatic rings. The third kappa shape index (κ3) is 1.70. The molecule has 1 heterocycles. The molecule has 0 unspecified atom stereocenters. The van der Waals surface area contributed by atoms with E-state index in [4.69, 9.17) is 4.74 Å². The molecule has 0 atom stereocenters. The smallest absolute Gasteiger partial charge is 0.305 e. The molecule has 6 heteroatoms. The Morgan fingerprint density at radius 2 is 2.42 bits per heavy atom. The maximum atomic E-state index is 10.4. The number of methoxy groups -OCH3 is 1. The molecule has 0 amide bonds. The van der Waals surface area contributed by atoms with Crippen molar-refractivity contribution in [2.24, 2.45) is 0 Å². The quantitative estimate of drug-likeness (QED) is 0.443. The second-order valence-electron chi connectivity index (χ2n) is 1.94. The van der Waals surface area contributed by atoms with Crippen LogP contribution in [0.15, 0.2) is 16.9 Å². The average Bonchev–Trinajstić information content (AvgIpc) is 2.05. The summed E-state index contributed by atoms with van der Waals surface area (Å²) in [6, 6.07) is 1.30. The van der Waals surface area contributed by atoms with Crippen LogP contribution >= 0.6 is 15.9 Å². The summed E-state index contributed by atoms with van der Waals surface area (Å²) in [6.45, 7) is 0. The van der Waals surface area contributed by atoms with Crippen LogP contribution in [0.3, 0.4) is 0 Å². The summed E-state index contributed by atoms with van der Waals surface area (Å²) in [5.41, 5.74) is -0.102. The van der Waals surface area contributed by atoms with Gasteiger partial charge in [0.2, 0.25) is 0 Å². The molecule has 1 aromatic rings. The maximum Gasteiger partial charge on any atom is 0.305 e. The van der Waals surface area contributed by atoms with Crippen molar-refractivity contribution in [1.82, 2.24) is 4.98 Å². The fourth-order valence-electron chi connectivity index (χ4n) is 0.658. The van der Waals surface area contributed by atoms with Crippen molar-refractivity contribution < 1.29 is 9.66 Å². The van der Waals surface area contributed by atoms with Crippen molar-refractivity contribution in [3.8, 4) is 5.75 Å². The Morgan fingerprint density at radius 3 is 2.92 bits per heavy atom. The van der Waals surface area contributed by atoms with Crippen LogP contribution in [0.1, 0.15) is 0 Å². The van der Waals surface area contributed by atoms with Crippen molar-refractivity contribution in [3.05, 3.63) is 27.0 Å². The van der Waals surface area contributed by atoms with E-state index in [2.05, 4.69) is 20.9 Å². The van der Waals surface area contributed by atoms with Gasteiger partial charge in [-0.05, 0) is 15.9 Å². The summed E-state index contributed by atoms with van der Waals surface area (Å²) < 4.78 is 4.97. The molecule has 0 aromatic carbocycles. The molecule has 0 N–H and O–H groups in total. The number of aromatic nitrogens is 1. The second kappa shape index (κ2) is 3.48. The van der Waals surface area contributed by atoms with E-state index in [1.54, 1.807) is 0 Å². The van der Waals surface area contributed by atoms with Crippen molar-refractivity contribution in [2.75, 3.05) is 7.11 Å². The number of nitro groups is 1. The van der Waals surface area contributed by atoms with Crippen molar-refractivity contribution in [3.63, 3.8) is 0 Å². The average molecular weight is 233 g/mol. The molecule has 0 bridgehead atoms. The zero-order chi connectivity index (χ0) is 9.14. The van der Waals surface area contributed by atoms with Crippen LogP contribution in [0.25, 0.3) is 0 Å². The van der Waals surface area contributed by atoms with Crippen LogP contribution in [0, 0.1) is 10.1 Å². The molecule has 0 saturated heterocycles. The summed E-state index contributed by atoms with van der Waals surface area (Å²) in [5, 5.41) is 10.4. The number of hydrogen-bond donors (Lipinski definition) is 0. The number of hydrogen-bond acceptors (Lipinski definition) is 4. The summed E-state index contributed by atoms with van der Waals surface area (Å²) in [6.07, 6.45) is 1.40. The van der Waals surface area contributed by atoms with Crippen LogP contribution in [0.5, 0.6) is 5.75 Å². The van der Waals surface area contributed by atoms with Gasteiger partial charge in [0.05, 0.1) is 24.3 Å². The third-order valence-electron chi connectivity index (χ3n) is 1.23. The third-order valence-corrected chi connectivity index (χ3v) is 1.84. The van der Waals surface area contributed by atoms with E-state index in [1.165, 1.54) is 19.4 Å². The molecule has 0 radical (unpaired) electrons. The number of nitrogens with zero attached hydrogens (tertiary/aromatic N) is 2. The minimum atomic E-state index is -0.528. The zero-order valence-electron chi connectivity index (χ0n) is 6.15. The van der Waals surface area contributed by atoms with E-state index in [0.29, 0.717) is 5.75 Å². The van der Waals surface area contributed by atoms with Gasteiger partial charge in [0.1, 0.15) is 5.75 Å². The normalized spacial score (nSPS) is 9.50. The highest BCUT2D eigenvalue weighted by atomic mass is 79.9. The Hall–Kier alpha value is -1.17. The van der Waals surface area contributed by atoms with Crippen LogP contribution in [0.2, 0.25) is 0 Å². The van der Waals surface area contributed by atoms with Gasteiger partial charge in [-0.3, -0.25) is 10.1 Å². The van der Waals surface area contributed by atoms with Gasteiger partial charge in [-0.25, -0.2) is 4.98 Å². The standard InChI is InChI=1S/C6H5BrN2O3/c1-12-4-2-5(9(10)11)6(7)8-3-4/h2-3H,1H3. The van der Waals surface area contributed by atoms with Gasteiger partial charge in [0, 0.05) is 0 Å². The topological polar surface area (TPSA) is 65.3 Å². The Balaban J connectivity index is 3.17. The van der Waals surface area contributed by atoms with Crippen molar-refractivity contribution in [2.45, 2.75) is 0 Å². The molecule has 0 aliphatic heterocycles. The van der Waals surface area contributed by atoms with Gasteiger partial charge in [-0.2, -0.15) is 0 Å². The minimum absolute atomic E-state index is 0.102.